The Kier molecular flexibility index (Phi) is 2.73. The number of rotatable bonds is 3. The molecule has 0 bridgehead atoms. The number of aromatic nitrogens is 3. The molecule has 1 aliphatic heterocycles. The number of hydrogen-bond acceptors (Lipinski definition) is 4. The fraction of sp³-hybridized carbons (Fsp3) is 0.750. The highest BCUT2D eigenvalue weighted by atomic mass is 32.2. The molecule has 1 aromatic heterocycles. The van der Waals surface area contributed by atoms with E-state index in [1.807, 2.05) is 16.4 Å². The number of nitrogens with zero attached hydrogens (tertiary/aromatic N) is 3. The Morgan fingerprint density at radius 3 is 3.38 bits per heavy atom. The quantitative estimate of drug-likeness (QED) is 0.793. The molecule has 2 rings (SSSR count). The summed E-state index contributed by atoms with van der Waals surface area (Å²) >= 11 is 2.00. The minimum Gasteiger partial charge on any atom is -0.365 e. The van der Waals surface area contributed by atoms with Crippen LogP contribution in [-0.4, -0.2) is 32.5 Å². The number of anilines is 1. The Morgan fingerprint density at radius 1 is 1.77 bits per heavy atom. The fourth-order valence-corrected chi connectivity index (χ4v) is 2.61. The van der Waals surface area contributed by atoms with Gasteiger partial charge in [-0.15, -0.1) is 5.10 Å². The van der Waals surface area contributed by atoms with E-state index in [-0.39, 0.29) is 0 Å². The van der Waals surface area contributed by atoms with Gasteiger partial charge in [-0.3, -0.25) is 0 Å². The third-order valence-corrected chi connectivity index (χ3v) is 3.36. The first kappa shape index (κ1) is 8.87. The molecule has 5 heteroatoms. The van der Waals surface area contributed by atoms with Crippen molar-refractivity contribution in [1.82, 2.24) is 15.0 Å². The zero-order valence-electron chi connectivity index (χ0n) is 7.73. The van der Waals surface area contributed by atoms with Gasteiger partial charge < -0.3 is 5.32 Å². The Morgan fingerprint density at radius 2 is 2.69 bits per heavy atom. The standard InChI is InChI=1S/C8H14N4S/c1-2-12-8(5-9-11-12)10-7-3-4-13-6-7/h5,7,10H,2-4,6H2,1H3. The molecule has 1 aromatic rings. The lowest BCUT2D eigenvalue weighted by Crippen LogP contribution is -2.20. The van der Waals surface area contributed by atoms with Crippen molar-refractivity contribution in [1.29, 1.82) is 0 Å². The largest absolute Gasteiger partial charge is 0.365 e. The zero-order valence-corrected chi connectivity index (χ0v) is 8.55. The number of thioether (sulfide) groups is 1. The summed E-state index contributed by atoms with van der Waals surface area (Å²) in [5.74, 6) is 3.52. The summed E-state index contributed by atoms with van der Waals surface area (Å²) in [6, 6.07) is 0.605. The SMILES string of the molecule is CCn1nncc1NC1CCSC1. The molecule has 0 saturated carbocycles. The number of aryl methyl sites for hydroxylation is 1. The van der Waals surface area contributed by atoms with Crippen molar-refractivity contribution in [3.8, 4) is 0 Å². The van der Waals surface area contributed by atoms with E-state index in [1.54, 1.807) is 6.20 Å². The van der Waals surface area contributed by atoms with Gasteiger partial charge in [0.05, 0.1) is 6.20 Å². The first-order valence-electron chi connectivity index (χ1n) is 4.63. The lowest BCUT2D eigenvalue weighted by Gasteiger charge is -2.12. The molecule has 72 valence electrons. The molecule has 1 saturated heterocycles. The van der Waals surface area contributed by atoms with Gasteiger partial charge >= 0.3 is 0 Å². The summed E-state index contributed by atoms with van der Waals surface area (Å²) in [6.45, 7) is 2.95. The Labute approximate surface area is 82.1 Å². The van der Waals surface area contributed by atoms with Crippen molar-refractivity contribution >= 4 is 17.6 Å². The van der Waals surface area contributed by atoms with Gasteiger partial charge in [0.2, 0.25) is 0 Å². The summed E-state index contributed by atoms with van der Waals surface area (Å²) in [5.41, 5.74) is 0. The average Bonchev–Trinajstić information content (AvgIpc) is 2.76. The summed E-state index contributed by atoms with van der Waals surface area (Å²) < 4.78 is 1.89. The Bertz CT molecular complexity index is 267. The molecule has 0 aliphatic carbocycles. The predicted octanol–water partition coefficient (Wildman–Crippen LogP) is 1.22. The van der Waals surface area contributed by atoms with Gasteiger partial charge in [0.25, 0.3) is 0 Å². The van der Waals surface area contributed by atoms with Crippen LogP contribution in [0.1, 0.15) is 13.3 Å². The Hall–Kier alpha value is -0.710. The zero-order chi connectivity index (χ0) is 9.10. The highest BCUT2D eigenvalue weighted by Crippen LogP contribution is 2.20. The third-order valence-electron chi connectivity index (χ3n) is 2.20. The molecule has 1 atom stereocenters. The van der Waals surface area contributed by atoms with Gasteiger partial charge in [0.15, 0.2) is 0 Å². The second-order valence-electron chi connectivity index (χ2n) is 3.14. The van der Waals surface area contributed by atoms with Crippen molar-refractivity contribution in [2.24, 2.45) is 0 Å². The van der Waals surface area contributed by atoms with Crippen LogP contribution in [0.15, 0.2) is 6.20 Å². The molecule has 0 spiro atoms. The molecule has 1 N–H and O–H groups in total. The molecule has 2 heterocycles. The van der Waals surface area contributed by atoms with E-state index in [2.05, 4.69) is 22.6 Å². The van der Waals surface area contributed by atoms with E-state index in [4.69, 9.17) is 0 Å². The first-order chi connectivity index (χ1) is 6.40. The van der Waals surface area contributed by atoms with Crippen molar-refractivity contribution in [2.75, 3.05) is 16.8 Å². The van der Waals surface area contributed by atoms with Crippen LogP contribution in [0.25, 0.3) is 0 Å². The predicted molar refractivity (Wildman–Crippen MR) is 55.0 cm³/mol. The van der Waals surface area contributed by atoms with Gasteiger partial charge in [0.1, 0.15) is 5.82 Å². The van der Waals surface area contributed by atoms with Crippen molar-refractivity contribution in [2.45, 2.75) is 25.9 Å². The molecule has 1 aliphatic rings. The Balaban J connectivity index is 1.99. The lowest BCUT2D eigenvalue weighted by atomic mass is 10.3. The summed E-state index contributed by atoms with van der Waals surface area (Å²) in [6.07, 6.45) is 3.05. The van der Waals surface area contributed by atoms with Crippen LogP contribution >= 0.6 is 11.8 Å². The van der Waals surface area contributed by atoms with Gasteiger partial charge in [-0.25, -0.2) is 4.68 Å². The van der Waals surface area contributed by atoms with Crippen LogP contribution in [-0.2, 0) is 6.54 Å². The second-order valence-corrected chi connectivity index (χ2v) is 4.29. The molecule has 0 aromatic carbocycles. The van der Waals surface area contributed by atoms with Crippen LogP contribution in [0.3, 0.4) is 0 Å². The highest BCUT2D eigenvalue weighted by Gasteiger charge is 2.16. The van der Waals surface area contributed by atoms with Gasteiger partial charge in [0, 0.05) is 18.3 Å². The van der Waals surface area contributed by atoms with E-state index in [9.17, 15) is 0 Å². The van der Waals surface area contributed by atoms with Crippen LogP contribution in [0.2, 0.25) is 0 Å². The molecule has 1 unspecified atom stereocenters. The average molecular weight is 198 g/mol. The maximum atomic E-state index is 3.97. The van der Waals surface area contributed by atoms with E-state index in [0.717, 1.165) is 12.4 Å². The van der Waals surface area contributed by atoms with E-state index >= 15 is 0 Å². The number of nitrogens with one attached hydrogen (secondary N) is 1. The smallest absolute Gasteiger partial charge is 0.145 e. The summed E-state index contributed by atoms with van der Waals surface area (Å²) in [5, 5.41) is 11.3. The van der Waals surface area contributed by atoms with Crippen LogP contribution in [0.4, 0.5) is 5.82 Å². The minimum atomic E-state index is 0.605. The fourth-order valence-electron chi connectivity index (χ4n) is 1.46. The van der Waals surface area contributed by atoms with Crippen LogP contribution < -0.4 is 5.32 Å². The summed E-state index contributed by atoms with van der Waals surface area (Å²) in [7, 11) is 0. The molecule has 1 fully saturated rings. The maximum absolute atomic E-state index is 3.97. The molecule has 0 radical (unpaired) electrons. The van der Waals surface area contributed by atoms with Crippen molar-refractivity contribution in [3.05, 3.63) is 6.20 Å². The minimum absolute atomic E-state index is 0.605. The monoisotopic (exact) mass is 198 g/mol. The number of hydrogen-bond donors (Lipinski definition) is 1. The van der Waals surface area contributed by atoms with Crippen LogP contribution in [0, 0.1) is 0 Å². The third kappa shape index (κ3) is 1.96. The van der Waals surface area contributed by atoms with Crippen LogP contribution in [0.5, 0.6) is 0 Å². The molecule has 4 nitrogen and oxygen atoms in total. The van der Waals surface area contributed by atoms with E-state index < -0.39 is 0 Å². The maximum Gasteiger partial charge on any atom is 0.145 e. The summed E-state index contributed by atoms with van der Waals surface area (Å²) in [4.78, 5) is 0. The first-order valence-corrected chi connectivity index (χ1v) is 5.78. The van der Waals surface area contributed by atoms with Crippen molar-refractivity contribution < 1.29 is 0 Å². The lowest BCUT2D eigenvalue weighted by molar-refractivity contribution is 0.625. The van der Waals surface area contributed by atoms with Gasteiger partial charge in [-0.1, -0.05) is 5.21 Å². The molecule has 0 amide bonds. The highest BCUT2D eigenvalue weighted by molar-refractivity contribution is 7.99. The molecule has 13 heavy (non-hydrogen) atoms. The molecular weight excluding hydrogens is 184 g/mol. The van der Waals surface area contributed by atoms with Gasteiger partial charge in [-0.2, -0.15) is 11.8 Å². The molecular formula is C8H14N4S. The second kappa shape index (κ2) is 4.00. The van der Waals surface area contributed by atoms with Crippen molar-refractivity contribution in [3.63, 3.8) is 0 Å². The van der Waals surface area contributed by atoms with Gasteiger partial charge in [-0.05, 0) is 19.1 Å². The van der Waals surface area contributed by atoms with E-state index in [1.165, 1.54) is 17.9 Å². The van der Waals surface area contributed by atoms with E-state index in [0.29, 0.717) is 6.04 Å². The normalized spacial score (nSPS) is 22.1. The topological polar surface area (TPSA) is 42.7 Å².